The molecule has 2 N–H and O–H groups in total. The molecule has 222 valence electrons. The molecule has 3 heterocycles. The Balaban J connectivity index is 0.000000207. The van der Waals surface area contributed by atoms with Crippen LogP contribution in [0.15, 0.2) is 66.9 Å². The first-order valence-corrected chi connectivity index (χ1v) is 15.4. The number of benzene rings is 2. The number of hydrogen-bond donors (Lipinski definition) is 2. The summed E-state index contributed by atoms with van der Waals surface area (Å²) in [6.07, 6.45) is 13.8. The number of nitrogens with zero attached hydrogens (tertiary/aromatic N) is 3. The highest BCUT2D eigenvalue weighted by Gasteiger charge is 2.27. The van der Waals surface area contributed by atoms with Crippen LogP contribution in [-0.4, -0.2) is 45.0 Å². The van der Waals surface area contributed by atoms with Crippen molar-refractivity contribution < 1.29 is 9.59 Å². The maximum atomic E-state index is 12.5. The fourth-order valence-corrected chi connectivity index (χ4v) is 5.23. The third-order valence-corrected chi connectivity index (χ3v) is 8.25. The zero-order chi connectivity index (χ0) is 29.7. The predicted molar refractivity (Wildman–Crippen MR) is 170 cm³/mol. The molecule has 2 aromatic carbocycles. The van der Waals surface area contributed by atoms with Crippen LogP contribution >= 0.6 is 0 Å². The summed E-state index contributed by atoms with van der Waals surface area (Å²) in [7, 11) is 0. The van der Waals surface area contributed by atoms with Crippen LogP contribution in [0.1, 0.15) is 86.8 Å². The van der Waals surface area contributed by atoms with Gasteiger partial charge in [-0.05, 0) is 56.0 Å². The van der Waals surface area contributed by atoms with E-state index in [9.17, 15) is 9.59 Å². The molecule has 2 fully saturated rings. The summed E-state index contributed by atoms with van der Waals surface area (Å²) in [6, 6.07) is 19.9. The van der Waals surface area contributed by atoms with Crippen LogP contribution in [0.3, 0.4) is 0 Å². The number of fused-ring (bicyclic) bond motifs is 1. The van der Waals surface area contributed by atoms with Crippen molar-refractivity contribution >= 4 is 23.2 Å². The highest BCUT2D eigenvalue weighted by molar-refractivity contribution is 6.01. The van der Waals surface area contributed by atoms with Crippen molar-refractivity contribution in [2.75, 3.05) is 6.54 Å². The highest BCUT2D eigenvalue weighted by atomic mass is 16.1. The lowest BCUT2D eigenvalue weighted by atomic mass is 9.92. The summed E-state index contributed by atoms with van der Waals surface area (Å²) in [6.45, 7) is 7.88. The van der Waals surface area contributed by atoms with Crippen LogP contribution in [0.4, 0.5) is 0 Å². The minimum Gasteiger partial charge on any atom is -0.346 e. The molecular formula is C35H45N5O2. The first kappa shape index (κ1) is 30.9. The minimum absolute atomic E-state index is 0.131. The standard InChI is InChI=1S/C21H18N4O.C9H17NO.C5H10/c1-14-5-7-15(8-6-14)20-18-12-16(9-10-19(18)24-25-20)21(26)23-13-17-4-2-3-11-22-17;1-3-8(2)6-9-4-5-10(9)7-11;1-2-4-5-3-1/h2-12H,13H2,1H3,(H,23,26)(H,24,25);7-9H,3-6H2,1-2H3;1-5H2. The van der Waals surface area contributed by atoms with Gasteiger partial charge >= 0.3 is 0 Å². The molecule has 6 rings (SSSR count). The average molecular weight is 568 g/mol. The largest absolute Gasteiger partial charge is 0.346 e. The maximum absolute atomic E-state index is 12.5. The molecule has 0 radical (unpaired) electrons. The maximum Gasteiger partial charge on any atom is 0.251 e. The molecule has 1 saturated heterocycles. The van der Waals surface area contributed by atoms with E-state index in [1.807, 2.05) is 47.4 Å². The van der Waals surface area contributed by atoms with E-state index in [1.54, 1.807) is 12.3 Å². The number of aromatic amines is 1. The molecule has 7 heteroatoms. The Morgan fingerprint density at radius 1 is 1.07 bits per heavy atom. The Labute approximate surface area is 250 Å². The molecule has 2 unspecified atom stereocenters. The Morgan fingerprint density at radius 2 is 1.81 bits per heavy atom. The fraction of sp³-hybridized carbons (Fsp3) is 0.429. The zero-order valence-electron chi connectivity index (χ0n) is 25.3. The smallest absolute Gasteiger partial charge is 0.251 e. The van der Waals surface area contributed by atoms with Gasteiger partial charge in [0, 0.05) is 35.3 Å². The average Bonchev–Trinajstić information content (AvgIpc) is 3.73. The second-order valence-electron chi connectivity index (χ2n) is 11.5. The Morgan fingerprint density at radius 3 is 2.40 bits per heavy atom. The first-order chi connectivity index (χ1) is 20.5. The van der Waals surface area contributed by atoms with E-state index in [4.69, 9.17) is 0 Å². The monoisotopic (exact) mass is 567 g/mol. The van der Waals surface area contributed by atoms with Crippen molar-refractivity contribution in [1.82, 2.24) is 25.4 Å². The lowest BCUT2D eigenvalue weighted by Crippen LogP contribution is -2.47. The van der Waals surface area contributed by atoms with Crippen LogP contribution in [0.25, 0.3) is 22.2 Å². The Bertz CT molecular complexity index is 1390. The van der Waals surface area contributed by atoms with Crippen molar-refractivity contribution in [1.29, 1.82) is 0 Å². The van der Waals surface area contributed by atoms with E-state index in [2.05, 4.69) is 53.4 Å². The van der Waals surface area contributed by atoms with Gasteiger partial charge in [-0.2, -0.15) is 5.10 Å². The van der Waals surface area contributed by atoms with Gasteiger partial charge in [-0.1, -0.05) is 88.3 Å². The summed E-state index contributed by atoms with van der Waals surface area (Å²) in [5.74, 6) is 0.636. The van der Waals surface area contributed by atoms with Crippen molar-refractivity contribution in [2.45, 2.75) is 84.7 Å². The quantitative estimate of drug-likeness (QED) is 0.216. The normalized spacial score (nSPS) is 16.4. The third-order valence-electron chi connectivity index (χ3n) is 8.25. The van der Waals surface area contributed by atoms with Gasteiger partial charge in [0.15, 0.2) is 0 Å². The highest BCUT2D eigenvalue weighted by Crippen LogP contribution is 2.27. The molecule has 1 saturated carbocycles. The van der Waals surface area contributed by atoms with Crippen molar-refractivity contribution in [2.24, 2.45) is 5.92 Å². The van der Waals surface area contributed by atoms with E-state index in [0.717, 1.165) is 46.7 Å². The topological polar surface area (TPSA) is 91.0 Å². The first-order valence-electron chi connectivity index (χ1n) is 15.4. The van der Waals surface area contributed by atoms with Crippen LogP contribution in [0, 0.1) is 12.8 Å². The number of likely N-dealkylation sites (tertiary alicyclic amines) is 1. The molecule has 42 heavy (non-hydrogen) atoms. The predicted octanol–water partition coefficient (Wildman–Crippen LogP) is 7.47. The molecule has 2 atom stereocenters. The van der Waals surface area contributed by atoms with E-state index >= 15 is 0 Å². The molecule has 2 aromatic heterocycles. The Hall–Kier alpha value is -4.00. The number of pyridine rings is 1. The lowest BCUT2D eigenvalue weighted by molar-refractivity contribution is -0.125. The second kappa shape index (κ2) is 15.9. The number of carbonyl (C=O) groups is 2. The number of hydrogen-bond acceptors (Lipinski definition) is 4. The summed E-state index contributed by atoms with van der Waals surface area (Å²) < 4.78 is 0. The number of aryl methyl sites for hydroxylation is 1. The number of aromatic nitrogens is 3. The minimum atomic E-state index is -0.131. The van der Waals surface area contributed by atoms with Crippen LogP contribution in [0.2, 0.25) is 0 Å². The number of amides is 2. The SMILES string of the molecule is C1CCCC1.CCC(C)CC1CCN1C=O.Cc1ccc(-c2n[nH]c3ccc(C(=O)NCc4ccccn4)cc23)cc1. The van der Waals surface area contributed by atoms with Gasteiger partial charge in [0.25, 0.3) is 5.91 Å². The third kappa shape index (κ3) is 8.75. The van der Waals surface area contributed by atoms with Crippen LogP contribution < -0.4 is 5.32 Å². The van der Waals surface area contributed by atoms with Gasteiger partial charge in [-0.3, -0.25) is 19.7 Å². The summed E-state index contributed by atoms with van der Waals surface area (Å²) in [5.41, 5.74) is 5.39. The number of carbonyl (C=O) groups excluding carboxylic acids is 2. The van der Waals surface area contributed by atoms with Crippen molar-refractivity contribution in [3.8, 4) is 11.3 Å². The molecule has 7 nitrogen and oxygen atoms in total. The molecule has 0 spiro atoms. The molecule has 1 aliphatic carbocycles. The Kier molecular flexibility index (Phi) is 11.7. The summed E-state index contributed by atoms with van der Waals surface area (Å²) in [5, 5.41) is 11.3. The zero-order valence-corrected chi connectivity index (χ0v) is 25.3. The molecule has 4 aromatic rings. The lowest BCUT2D eigenvalue weighted by Gasteiger charge is -2.39. The number of H-pyrrole nitrogens is 1. The van der Waals surface area contributed by atoms with Crippen LogP contribution in [-0.2, 0) is 11.3 Å². The van der Waals surface area contributed by atoms with Gasteiger partial charge in [0.05, 0.1) is 23.4 Å². The van der Waals surface area contributed by atoms with Crippen molar-refractivity contribution in [3.63, 3.8) is 0 Å². The number of nitrogens with one attached hydrogen (secondary N) is 2. The second-order valence-corrected chi connectivity index (χ2v) is 11.5. The van der Waals surface area contributed by atoms with E-state index in [-0.39, 0.29) is 5.91 Å². The molecule has 1 aliphatic heterocycles. The van der Waals surface area contributed by atoms with E-state index in [1.165, 1.54) is 56.9 Å². The fourth-order valence-electron chi connectivity index (χ4n) is 5.23. The van der Waals surface area contributed by atoms with Crippen LogP contribution in [0.5, 0.6) is 0 Å². The van der Waals surface area contributed by atoms with E-state index < -0.39 is 0 Å². The summed E-state index contributed by atoms with van der Waals surface area (Å²) >= 11 is 0. The van der Waals surface area contributed by atoms with Gasteiger partial charge in [-0.25, -0.2) is 0 Å². The van der Waals surface area contributed by atoms with Gasteiger partial charge in [-0.15, -0.1) is 0 Å². The molecule has 0 bridgehead atoms. The van der Waals surface area contributed by atoms with Gasteiger partial charge < -0.3 is 10.2 Å². The molecule has 2 aliphatic rings. The number of rotatable bonds is 8. The van der Waals surface area contributed by atoms with Gasteiger partial charge in [0.2, 0.25) is 6.41 Å². The van der Waals surface area contributed by atoms with Gasteiger partial charge in [0.1, 0.15) is 0 Å². The molecular weight excluding hydrogens is 522 g/mol. The molecule has 2 amide bonds. The summed E-state index contributed by atoms with van der Waals surface area (Å²) in [4.78, 5) is 29.0. The van der Waals surface area contributed by atoms with Crippen molar-refractivity contribution in [3.05, 3.63) is 83.7 Å². The van der Waals surface area contributed by atoms with E-state index in [0.29, 0.717) is 18.2 Å².